The molecule has 0 amide bonds. The average molecular weight is 253 g/mol. The molecular weight excluding hydrogens is 230 g/mol. The van der Waals surface area contributed by atoms with Gasteiger partial charge in [-0.3, -0.25) is 10.3 Å². The summed E-state index contributed by atoms with van der Waals surface area (Å²) in [6, 6.07) is 1.14. The van der Waals surface area contributed by atoms with Crippen LogP contribution >= 0.6 is 0 Å². The Balaban J connectivity index is 1.56. The molecule has 2 aliphatic heterocycles. The van der Waals surface area contributed by atoms with Gasteiger partial charge in [0, 0.05) is 32.2 Å². The lowest BCUT2D eigenvalue weighted by Gasteiger charge is -2.32. The molecule has 1 aliphatic carbocycles. The van der Waals surface area contributed by atoms with Crippen molar-refractivity contribution in [1.29, 1.82) is 0 Å². The maximum Gasteiger partial charge on any atom is 0.208 e. The van der Waals surface area contributed by atoms with Crippen molar-refractivity contribution in [1.82, 2.24) is 15.2 Å². The highest BCUT2D eigenvalue weighted by atomic mass is 16.5. The van der Waals surface area contributed by atoms with Crippen molar-refractivity contribution < 1.29 is 4.74 Å². The minimum absolute atomic E-state index is 0.512. The molecule has 6 heteroatoms. The third-order valence-corrected chi connectivity index (χ3v) is 4.01. The van der Waals surface area contributed by atoms with Gasteiger partial charge in [-0.1, -0.05) is 0 Å². The highest BCUT2D eigenvalue weighted by molar-refractivity contribution is 5.80. The number of nitrogens with one attached hydrogen (secondary N) is 1. The van der Waals surface area contributed by atoms with E-state index in [4.69, 9.17) is 10.6 Å². The van der Waals surface area contributed by atoms with Crippen molar-refractivity contribution >= 4 is 5.96 Å². The Morgan fingerprint density at radius 1 is 1.17 bits per heavy atom. The summed E-state index contributed by atoms with van der Waals surface area (Å²) in [5, 5.41) is 0. The molecule has 3 aliphatic rings. The lowest BCUT2D eigenvalue weighted by atomic mass is 10.2. The van der Waals surface area contributed by atoms with Crippen LogP contribution in [0, 0.1) is 0 Å². The number of nitrogens with zero attached hydrogens (tertiary/aromatic N) is 3. The quantitative estimate of drug-likeness (QED) is 0.297. The fourth-order valence-corrected chi connectivity index (χ4v) is 2.76. The number of hydrazine groups is 1. The maximum atomic E-state index is 5.60. The lowest BCUT2D eigenvalue weighted by molar-refractivity contribution is 0.0195. The molecule has 6 nitrogen and oxygen atoms in total. The van der Waals surface area contributed by atoms with Crippen LogP contribution in [0.25, 0.3) is 0 Å². The summed E-state index contributed by atoms with van der Waals surface area (Å²) in [5.74, 6) is 6.48. The fraction of sp³-hybridized carbons (Fsp3) is 0.917. The molecule has 18 heavy (non-hydrogen) atoms. The van der Waals surface area contributed by atoms with Crippen LogP contribution in [0.4, 0.5) is 0 Å². The summed E-state index contributed by atoms with van der Waals surface area (Å²) in [4.78, 5) is 9.46. The second-order valence-corrected chi connectivity index (χ2v) is 5.37. The third-order valence-electron chi connectivity index (χ3n) is 4.01. The topological polar surface area (TPSA) is 66.1 Å². The van der Waals surface area contributed by atoms with E-state index >= 15 is 0 Å². The molecule has 0 radical (unpaired) electrons. The highest BCUT2D eigenvalue weighted by Crippen LogP contribution is 2.24. The van der Waals surface area contributed by atoms with Crippen LogP contribution in [0.15, 0.2) is 4.99 Å². The first-order valence-corrected chi connectivity index (χ1v) is 6.98. The monoisotopic (exact) mass is 253 g/mol. The Kier molecular flexibility index (Phi) is 3.67. The molecule has 0 aromatic heterocycles. The second kappa shape index (κ2) is 5.42. The summed E-state index contributed by atoms with van der Waals surface area (Å²) >= 11 is 0. The molecule has 0 aromatic rings. The molecule has 2 heterocycles. The Labute approximate surface area is 108 Å². The first kappa shape index (κ1) is 12.2. The normalized spacial score (nSPS) is 30.8. The second-order valence-electron chi connectivity index (χ2n) is 5.37. The molecule has 0 aromatic carbocycles. The van der Waals surface area contributed by atoms with Crippen LogP contribution in [-0.4, -0.2) is 67.2 Å². The summed E-state index contributed by atoms with van der Waals surface area (Å²) in [5.41, 5.74) is 2.77. The molecular formula is C12H23N5O. The average Bonchev–Trinajstić information content (AvgIpc) is 3.11. The zero-order valence-corrected chi connectivity index (χ0v) is 10.8. The zero-order chi connectivity index (χ0) is 12.4. The van der Waals surface area contributed by atoms with Crippen molar-refractivity contribution in [3.8, 4) is 0 Å². The molecule has 0 bridgehead atoms. The number of nitrogens with two attached hydrogens (primary N) is 1. The number of likely N-dealkylation sites (tertiary alicyclic amines) is 1. The molecule has 1 saturated carbocycles. The van der Waals surface area contributed by atoms with E-state index in [1.165, 1.54) is 19.3 Å². The number of guanidine groups is 1. The fourth-order valence-electron chi connectivity index (χ4n) is 2.76. The Morgan fingerprint density at radius 2 is 1.94 bits per heavy atom. The van der Waals surface area contributed by atoms with E-state index in [2.05, 4.69) is 20.2 Å². The predicted molar refractivity (Wildman–Crippen MR) is 70.2 cm³/mol. The predicted octanol–water partition coefficient (Wildman–Crippen LogP) is -0.625. The van der Waals surface area contributed by atoms with E-state index in [-0.39, 0.29) is 0 Å². The van der Waals surface area contributed by atoms with Gasteiger partial charge in [-0.15, -0.1) is 0 Å². The smallest absolute Gasteiger partial charge is 0.208 e. The van der Waals surface area contributed by atoms with E-state index < -0.39 is 0 Å². The van der Waals surface area contributed by atoms with Gasteiger partial charge in [0.25, 0.3) is 0 Å². The minimum atomic E-state index is 0.512. The lowest BCUT2D eigenvalue weighted by Crippen LogP contribution is -2.48. The summed E-state index contributed by atoms with van der Waals surface area (Å²) in [7, 11) is 0. The van der Waals surface area contributed by atoms with Crippen molar-refractivity contribution in [2.24, 2.45) is 10.8 Å². The summed E-state index contributed by atoms with van der Waals surface area (Å²) < 4.78 is 5.40. The van der Waals surface area contributed by atoms with Crippen LogP contribution < -0.4 is 11.3 Å². The maximum absolute atomic E-state index is 5.60. The van der Waals surface area contributed by atoms with E-state index in [0.717, 1.165) is 45.4 Å². The van der Waals surface area contributed by atoms with Crippen molar-refractivity contribution in [2.45, 2.75) is 31.3 Å². The SMILES string of the molecule is NNC(=NC1CC1)N1CCC(N2CCOCC2)C1. The van der Waals surface area contributed by atoms with Crippen LogP contribution in [0.3, 0.4) is 0 Å². The van der Waals surface area contributed by atoms with E-state index in [9.17, 15) is 0 Å². The molecule has 3 fully saturated rings. The van der Waals surface area contributed by atoms with Crippen molar-refractivity contribution in [3.63, 3.8) is 0 Å². The van der Waals surface area contributed by atoms with Crippen LogP contribution in [-0.2, 0) is 4.74 Å². The number of hydrogen-bond donors (Lipinski definition) is 2. The Hall–Kier alpha value is -0.850. The number of aliphatic imine (C=N–C) groups is 1. The molecule has 3 N–H and O–H groups in total. The minimum Gasteiger partial charge on any atom is -0.379 e. The Morgan fingerprint density at radius 3 is 2.61 bits per heavy atom. The summed E-state index contributed by atoms with van der Waals surface area (Å²) in [6.07, 6.45) is 3.63. The summed E-state index contributed by atoms with van der Waals surface area (Å²) in [6.45, 7) is 5.95. The molecule has 102 valence electrons. The first-order chi connectivity index (χ1) is 8.86. The van der Waals surface area contributed by atoms with Gasteiger partial charge in [0.1, 0.15) is 0 Å². The van der Waals surface area contributed by atoms with Gasteiger partial charge in [-0.05, 0) is 19.3 Å². The molecule has 0 spiro atoms. The standard InChI is InChI=1S/C12H23N5O/c13-15-12(14-10-1-2-10)17-4-3-11(9-17)16-5-7-18-8-6-16/h10-11H,1-9,13H2,(H,14,15). The molecule has 3 rings (SSSR count). The van der Waals surface area contributed by atoms with Gasteiger partial charge in [-0.2, -0.15) is 0 Å². The van der Waals surface area contributed by atoms with Crippen molar-refractivity contribution in [3.05, 3.63) is 0 Å². The van der Waals surface area contributed by atoms with Gasteiger partial charge < -0.3 is 9.64 Å². The first-order valence-electron chi connectivity index (χ1n) is 6.98. The van der Waals surface area contributed by atoms with Crippen LogP contribution in [0.2, 0.25) is 0 Å². The molecule has 1 unspecified atom stereocenters. The van der Waals surface area contributed by atoms with Crippen molar-refractivity contribution in [2.75, 3.05) is 39.4 Å². The van der Waals surface area contributed by atoms with Crippen LogP contribution in [0.5, 0.6) is 0 Å². The van der Waals surface area contributed by atoms with Gasteiger partial charge in [-0.25, -0.2) is 10.8 Å². The van der Waals surface area contributed by atoms with Crippen LogP contribution in [0.1, 0.15) is 19.3 Å². The zero-order valence-electron chi connectivity index (χ0n) is 10.8. The van der Waals surface area contributed by atoms with E-state index in [1.54, 1.807) is 0 Å². The third kappa shape index (κ3) is 2.76. The van der Waals surface area contributed by atoms with Gasteiger partial charge in [0.05, 0.1) is 19.3 Å². The number of ether oxygens (including phenoxy) is 1. The van der Waals surface area contributed by atoms with E-state index in [0.29, 0.717) is 12.1 Å². The molecule has 1 atom stereocenters. The van der Waals surface area contributed by atoms with Gasteiger partial charge >= 0.3 is 0 Å². The Bertz CT molecular complexity index is 312. The number of rotatable bonds is 2. The van der Waals surface area contributed by atoms with Gasteiger partial charge in [0.15, 0.2) is 0 Å². The number of hydrogen-bond acceptors (Lipinski definition) is 4. The van der Waals surface area contributed by atoms with Gasteiger partial charge in [0.2, 0.25) is 5.96 Å². The molecule has 2 saturated heterocycles. The largest absolute Gasteiger partial charge is 0.379 e. The highest BCUT2D eigenvalue weighted by Gasteiger charge is 2.31. The van der Waals surface area contributed by atoms with E-state index in [1.807, 2.05) is 0 Å². The number of morpholine rings is 1.